The second kappa shape index (κ2) is 4.52. The molecule has 0 bridgehead atoms. The fourth-order valence-electron chi connectivity index (χ4n) is 1.80. The lowest BCUT2D eigenvalue weighted by atomic mass is 9.85. The van der Waals surface area contributed by atoms with Crippen LogP contribution in [0.25, 0.3) is 10.4 Å². The van der Waals surface area contributed by atoms with E-state index in [9.17, 15) is 4.79 Å². The van der Waals surface area contributed by atoms with Gasteiger partial charge in [-0.25, -0.2) is 0 Å². The van der Waals surface area contributed by atoms with Gasteiger partial charge in [0.15, 0.2) is 5.78 Å². The maximum absolute atomic E-state index is 12.5. The molecule has 0 saturated carbocycles. The number of hydrogen-bond acceptors (Lipinski definition) is 4. The second-order valence-electron chi connectivity index (χ2n) is 5.40. The molecule has 2 nitrogen and oxygen atoms in total. The molecular weight excluding hydrogens is 262 g/mol. The van der Waals surface area contributed by atoms with E-state index in [4.69, 9.17) is 5.73 Å². The summed E-state index contributed by atoms with van der Waals surface area (Å²) in [6.45, 7) is 7.84. The molecule has 0 aromatic carbocycles. The number of nitrogens with two attached hydrogens (primary N) is 1. The van der Waals surface area contributed by atoms with Crippen molar-refractivity contribution in [2.75, 3.05) is 5.73 Å². The zero-order valence-corrected chi connectivity index (χ0v) is 12.7. The fraction of sp³-hybridized carbons (Fsp3) is 0.357. The zero-order chi connectivity index (χ0) is 13.5. The minimum Gasteiger partial charge on any atom is -0.390 e. The maximum Gasteiger partial charge on any atom is 0.171 e. The van der Waals surface area contributed by atoms with Crippen LogP contribution in [-0.4, -0.2) is 5.78 Å². The molecular formula is C14H17NOS2. The van der Waals surface area contributed by atoms with E-state index in [0.717, 1.165) is 10.4 Å². The van der Waals surface area contributed by atoms with Gasteiger partial charge in [-0.15, -0.1) is 22.7 Å². The Labute approximate surface area is 115 Å². The van der Waals surface area contributed by atoms with Crippen molar-refractivity contribution < 1.29 is 4.79 Å². The maximum atomic E-state index is 12.5. The molecule has 0 saturated heterocycles. The van der Waals surface area contributed by atoms with E-state index < -0.39 is 5.41 Å². The molecule has 18 heavy (non-hydrogen) atoms. The largest absolute Gasteiger partial charge is 0.390 e. The van der Waals surface area contributed by atoms with Crippen molar-refractivity contribution in [3.63, 3.8) is 0 Å². The molecule has 0 amide bonds. The van der Waals surface area contributed by atoms with Crippen LogP contribution in [0.15, 0.2) is 16.8 Å². The van der Waals surface area contributed by atoms with E-state index >= 15 is 0 Å². The molecule has 96 valence electrons. The molecule has 2 N–H and O–H groups in total. The number of Topliss-reactive ketones (excluding diaryl/α,β-unsaturated/α-hetero) is 1. The van der Waals surface area contributed by atoms with Crippen LogP contribution >= 0.6 is 22.7 Å². The van der Waals surface area contributed by atoms with Gasteiger partial charge in [0.2, 0.25) is 0 Å². The van der Waals surface area contributed by atoms with Crippen molar-refractivity contribution in [2.45, 2.75) is 27.7 Å². The Hall–Kier alpha value is -1.13. The summed E-state index contributed by atoms with van der Waals surface area (Å²) in [5, 5.41) is 4.66. The van der Waals surface area contributed by atoms with Crippen LogP contribution in [-0.2, 0) is 0 Å². The topological polar surface area (TPSA) is 43.1 Å². The van der Waals surface area contributed by atoms with E-state index in [-0.39, 0.29) is 5.78 Å². The number of ketones is 1. The summed E-state index contributed by atoms with van der Waals surface area (Å²) >= 11 is 3.10. The molecule has 0 aliphatic rings. The third kappa shape index (κ3) is 2.22. The lowest BCUT2D eigenvalue weighted by Gasteiger charge is -2.17. The lowest BCUT2D eigenvalue weighted by Crippen LogP contribution is -2.21. The standard InChI is InChI=1S/C14H17NOS2/c1-8-5-6-17-11(8)9-7-18-13(15)10(9)12(16)14(2,3)4/h5-7H,15H2,1-4H3. The first-order chi connectivity index (χ1) is 8.32. The number of carbonyl (C=O) groups excluding carboxylic acids is 1. The molecule has 4 heteroatoms. The first kappa shape index (κ1) is 13.3. The molecule has 0 atom stereocenters. The quantitative estimate of drug-likeness (QED) is 0.817. The number of anilines is 1. The van der Waals surface area contributed by atoms with Crippen LogP contribution in [0.4, 0.5) is 5.00 Å². The Morgan fingerprint density at radius 3 is 2.44 bits per heavy atom. The van der Waals surface area contributed by atoms with Gasteiger partial charge in [-0.2, -0.15) is 0 Å². The summed E-state index contributed by atoms with van der Waals surface area (Å²) in [6.07, 6.45) is 0. The van der Waals surface area contributed by atoms with Crippen LogP contribution in [0, 0.1) is 12.3 Å². The van der Waals surface area contributed by atoms with E-state index in [1.54, 1.807) is 11.3 Å². The molecule has 0 radical (unpaired) electrons. The van der Waals surface area contributed by atoms with E-state index in [0.29, 0.717) is 10.6 Å². The van der Waals surface area contributed by atoms with Crippen molar-refractivity contribution in [3.8, 4) is 10.4 Å². The number of thiophene rings is 2. The highest BCUT2D eigenvalue weighted by Crippen LogP contribution is 2.40. The average Bonchev–Trinajstić information content (AvgIpc) is 2.82. The Bertz CT molecular complexity index is 587. The van der Waals surface area contributed by atoms with Crippen LogP contribution in [0.5, 0.6) is 0 Å². The number of rotatable bonds is 2. The molecule has 2 aromatic rings. The van der Waals surface area contributed by atoms with Gasteiger partial charge in [0.25, 0.3) is 0 Å². The van der Waals surface area contributed by atoms with Gasteiger partial charge in [-0.05, 0) is 23.9 Å². The molecule has 0 unspecified atom stereocenters. The van der Waals surface area contributed by atoms with Crippen LogP contribution < -0.4 is 5.73 Å². The summed E-state index contributed by atoms with van der Waals surface area (Å²) in [6, 6.07) is 2.07. The molecule has 0 aliphatic heterocycles. The highest BCUT2D eigenvalue weighted by molar-refractivity contribution is 7.16. The minimum absolute atomic E-state index is 0.115. The Morgan fingerprint density at radius 2 is 1.94 bits per heavy atom. The van der Waals surface area contributed by atoms with Crippen molar-refractivity contribution in [1.82, 2.24) is 0 Å². The van der Waals surface area contributed by atoms with Crippen molar-refractivity contribution >= 4 is 33.5 Å². The molecule has 0 fully saturated rings. The summed E-state index contributed by atoms with van der Waals surface area (Å²) in [5.41, 5.74) is 8.47. The summed E-state index contributed by atoms with van der Waals surface area (Å²) in [4.78, 5) is 13.7. The van der Waals surface area contributed by atoms with E-state index in [1.165, 1.54) is 16.9 Å². The summed E-state index contributed by atoms with van der Waals surface area (Å²) < 4.78 is 0. The van der Waals surface area contributed by atoms with Crippen molar-refractivity contribution in [3.05, 3.63) is 28.0 Å². The molecule has 2 aromatic heterocycles. The summed E-state index contributed by atoms with van der Waals surface area (Å²) in [7, 11) is 0. The van der Waals surface area contributed by atoms with Crippen molar-refractivity contribution in [1.29, 1.82) is 0 Å². The monoisotopic (exact) mass is 279 g/mol. The van der Waals surface area contributed by atoms with Gasteiger partial charge in [-0.3, -0.25) is 4.79 Å². The molecule has 0 aliphatic carbocycles. The van der Waals surface area contributed by atoms with E-state index in [2.05, 4.69) is 13.0 Å². The second-order valence-corrected chi connectivity index (χ2v) is 7.23. The minimum atomic E-state index is -0.408. The smallest absolute Gasteiger partial charge is 0.171 e. The predicted octanol–water partition coefficient (Wildman–Crippen LogP) is 4.60. The number of aryl methyl sites for hydroxylation is 1. The number of nitrogen functional groups attached to an aromatic ring is 1. The highest BCUT2D eigenvalue weighted by Gasteiger charge is 2.29. The lowest BCUT2D eigenvalue weighted by molar-refractivity contribution is 0.0860. The molecule has 2 rings (SSSR count). The normalized spacial score (nSPS) is 11.8. The SMILES string of the molecule is Cc1ccsc1-c1csc(N)c1C(=O)C(C)(C)C. The first-order valence-corrected chi connectivity index (χ1v) is 7.54. The molecule has 0 spiro atoms. The van der Waals surface area contributed by atoms with Gasteiger partial charge in [-0.1, -0.05) is 20.8 Å². The molecule has 2 heterocycles. The third-order valence-corrected chi connectivity index (χ3v) is 4.70. The van der Waals surface area contributed by atoms with Crippen molar-refractivity contribution in [2.24, 2.45) is 5.41 Å². The Morgan fingerprint density at radius 1 is 1.28 bits per heavy atom. The van der Waals surface area contributed by atoms with Gasteiger partial charge < -0.3 is 5.73 Å². The first-order valence-electron chi connectivity index (χ1n) is 5.78. The van der Waals surface area contributed by atoms with Gasteiger partial charge in [0, 0.05) is 21.2 Å². The number of carbonyl (C=O) groups is 1. The Balaban J connectivity index is 2.60. The third-order valence-electron chi connectivity index (χ3n) is 2.83. The van der Waals surface area contributed by atoms with Gasteiger partial charge >= 0.3 is 0 Å². The van der Waals surface area contributed by atoms with Crippen LogP contribution in [0.3, 0.4) is 0 Å². The Kier molecular flexibility index (Phi) is 3.34. The highest BCUT2D eigenvalue weighted by atomic mass is 32.1. The average molecular weight is 279 g/mol. The van der Waals surface area contributed by atoms with E-state index in [1.807, 2.05) is 31.5 Å². The predicted molar refractivity (Wildman–Crippen MR) is 80.6 cm³/mol. The van der Waals surface area contributed by atoms with Gasteiger partial charge in [0.1, 0.15) is 0 Å². The fourth-order valence-corrected chi connectivity index (χ4v) is 3.62. The zero-order valence-electron chi connectivity index (χ0n) is 11.0. The number of hydrogen-bond donors (Lipinski definition) is 1. The van der Waals surface area contributed by atoms with Crippen LogP contribution in [0.2, 0.25) is 0 Å². The van der Waals surface area contributed by atoms with Gasteiger partial charge in [0.05, 0.1) is 10.6 Å². The van der Waals surface area contributed by atoms with Crippen LogP contribution in [0.1, 0.15) is 36.7 Å². The summed E-state index contributed by atoms with van der Waals surface area (Å²) in [5.74, 6) is 0.115.